The number of alkyl halides is 5. The van der Waals surface area contributed by atoms with Gasteiger partial charge in [-0.1, -0.05) is 0 Å². The summed E-state index contributed by atoms with van der Waals surface area (Å²) in [5, 5.41) is 2.28. The van der Waals surface area contributed by atoms with E-state index in [4.69, 9.17) is 18.9 Å². The molecule has 0 aliphatic heterocycles. The first-order valence-corrected chi connectivity index (χ1v) is 11.1. The second kappa shape index (κ2) is 10.6. The van der Waals surface area contributed by atoms with Crippen LogP contribution in [0.15, 0.2) is 60.9 Å². The van der Waals surface area contributed by atoms with Gasteiger partial charge in [-0.2, -0.15) is 22.0 Å². The van der Waals surface area contributed by atoms with Crippen LogP contribution in [0.4, 0.5) is 27.6 Å². The van der Waals surface area contributed by atoms with Gasteiger partial charge in [0.15, 0.2) is 11.5 Å². The molecule has 0 bridgehead atoms. The highest BCUT2D eigenvalue weighted by Gasteiger charge is 2.41. The summed E-state index contributed by atoms with van der Waals surface area (Å²) in [5.41, 5.74) is -1.92. The summed E-state index contributed by atoms with van der Waals surface area (Å²) in [6, 6.07) is 9.71. The number of amides is 1. The molecule has 13 heteroatoms. The van der Waals surface area contributed by atoms with Gasteiger partial charge in [0.05, 0.1) is 37.8 Å². The van der Waals surface area contributed by atoms with E-state index in [1.807, 2.05) is 5.32 Å². The largest absolute Gasteiger partial charge is 0.497 e. The van der Waals surface area contributed by atoms with E-state index in [1.54, 1.807) is 12.1 Å². The van der Waals surface area contributed by atoms with Gasteiger partial charge in [-0.15, -0.1) is 0 Å². The van der Waals surface area contributed by atoms with Gasteiger partial charge in [0.25, 0.3) is 5.91 Å². The van der Waals surface area contributed by atoms with Gasteiger partial charge >= 0.3 is 12.1 Å². The third-order valence-electron chi connectivity index (χ3n) is 5.55. The smallest absolute Gasteiger partial charge is 0.416 e. The lowest BCUT2D eigenvalue weighted by atomic mass is 10.1. The third-order valence-corrected chi connectivity index (χ3v) is 5.55. The van der Waals surface area contributed by atoms with Crippen LogP contribution in [0.1, 0.15) is 11.1 Å². The van der Waals surface area contributed by atoms with Gasteiger partial charge in [0.1, 0.15) is 17.8 Å². The number of rotatable bonds is 8. The van der Waals surface area contributed by atoms with Gasteiger partial charge in [-0.05, 0) is 42.5 Å². The van der Waals surface area contributed by atoms with Crippen LogP contribution < -0.4 is 24.3 Å². The molecule has 0 fully saturated rings. The Kier molecular flexibility index (Phi) is 7.43. The average molecular weight is 549 g/mol. The summed E-state index contributed by atoms with van der Waals surface area (Å²) in [6.07, 6.45) is -3.53. The molecule has 39 heavy (non-hydrogen) atoms. The first kappa shape index (κ1) is 27.4. The number of benzene rings is 3. The van der Waals surface area contributed by atoms with E-state index in [2.05, 4.69) is 9.97 Å². The van der Waals surface area contributed by atoms with Crippen LogP contribution in [0.5, 0.6) is 28.9 Å². The van der Waals surface area contributed by atoms with E-state index in [1.165, 1.54) is 32.7 Å². The van der Waals surface area contributed by atoms with Crippen molar-refractivity contribution in [3.8, 4) is 28.9 Å². The molecule has 1 heterocycles. The van der Waals surface area contributed by atoms with Gasteiger partial charge < -0.3 is 24.3 Å². The second-order valence-corrected chi connectivity index (χ2v) is 8.01. The molecule has 0 saturated heterocycles. The van der Waals surface area contributed by atoms with E-state index in [9.17, 15) is 26.7 Å². The lowest BCUT2D eigenvalue weighted by molar-refractivity contribution is -0.141. The zero-order valence-electron chi connectivity index (χ0n) is 20.6. The van der Waals surface area contributed by atoms with Gasteiger partial charge in [-0.3, -0.25) is 4.79 Å². The molecule has 0 saturated carbocycles. The predicted molar refractivity (Wildman–Crippen MR) is 130 cm³/mol. The highest BCUT2D eigenvalue weighted by molar-refractivity contribution is 5.97. The molecule has 1 N–H and O–H groups in total. The average Bonchev–Trinajstić information content (AvgIpc) is 2.92. The lowest BCUT2D eigenvalue weighted by Crippen LogP contribution is -2.32. The SMILES string of the molecule is COc1cc(NC(=O)C(F)(F)c2ccc(Oc3ncnc4cc(OC)c(OC)cc34)cc2)cc(C(F)(F)F)c1. The second-order valence-electron chi connectivity index (χ2n) is 8.01. The van der Waals surface area contributed by atoms with Crippen LogP contribution in [0, 0.1) is 0 Å². The Bertz CT molecular complexity index is 1510. The number of fused-ring (bicyclic) bond motifs is 1. The summed E-state index contributed by atoms with van der Waals surface area (Å²) < 4.78 is 90.3. The number of carbonyl (C=O) groups is 1. The van der Waals surface area contributed by atoms with Gasteiger partial charge in [0, 0.05) is 23.4 Å². The fourth-order valence-corrected chi connectivity index (χ4v) is 3.58. The number of hydrogen-bond donors (Lipinski definition) is 1. The van der Waals surface area contributed by atoms with E-state index < -0.39 is 34.8 Å². The third kappa shape index (κ3) is 5.76. The molecule has 0 aliphatic carbocycles. The summed E-state index contributed by atoms with van der Waals surface area (Å²) >= 11 is 0. The van der Waals surface area contributed by atoms with Crippen molar-refractivity contribution in [3.63, 3.8) is 0 Å². The van der Waals surface area contributed by atoms with Crippen LogP contribution in [-0.2, 0) is 16.9 Å². The number of halogens is 5. The molecule has 1 aromatic heterocycles. The van der Waals surface area contributed by atoms with Crippen molar-refractivity contribution in [3.05, 3.63) is 72.1 Å². The van der Waals surface area contributed by atoms with Crippen LogP contribution in [0.25, 0.3) is 10.9 Å². The Balaban J connectivity index is 1.55. The monoisotopic (exact) mass is 549 g/mol. The maximum Gasteiger partial charge on any atom is 0.416 e. The zero-order chi connectivity index (χ0) is 28.4. The Morgan fingerprint density at radius 3 is 2.05 bits per heavy atom. The highest BCUT2D eigenvalue weighted by atomic mass is 19.4. The minimum atomic E-state index is -4.78. The summed E-state index contributed by atoms with van der Waals surface area (Å²) in [6.45, 7) is 0. The molecule has 0 spiro atoms. The molecule has 1 amide bonds. The molecule has 8 nitrogen and oxygen atoms in total. The fraction of sp³-hybridized carbons (Fsp3) is 0.192. The van der Waals surface area contributed by atoms with Crippen molar-refractivity contribution in [1.29, 1.82) is 0 Å². The molecule has 3 aromatic carbocycles. The highest BCUT2D eigenvalue weighted by Crippen LogP contribution is 2.38. The van der Waals surface area contributed by atoms with Crippen molar-refractivity contribution in [2.45, 2.75) is 12.1 Å². The fourth-order valence-electron chi connectivity index (χ4n) is 3.58. The normalized spacial score (nSPS) is 11.7. The van der Waals surface area contributed by atoms with E-state index in [0.29, 0.717) is 34.5 Å². The zero-order valence-corrected chi connectivity index (χ0v) is 20.6. The standard InChI is InChI=1S/C26H20F5N3O5/c1-36-18-9-15(26(29,30)31)8-16(10-18)34-24(35)25(27,28)14-4-6-17(7-5-14)39-23-19-11-21(37-2)22(38-3)12-20(19)32-13-33-23/h4-13H,1-3H3,(H,34,35). The topological polar surface area (TPSA) is 91.8 Å². The number of anilines is 1. The minimum absolute atomic E-state index is 0.108. The molecular weight excluding hydrogens is 529 g/mol. The summed E-state index contributed by atoms with van der Waals surface area (Å²) in [4.78, 5) is 20.6. The van der Waals surface area contributed by atoms with Crippen molar-refractivity contribution < 1.29 is 45.7 Å². The molecule has 0 atom stereocenters. The number of ether oxygens (including phenoxy) is 4. The maximum atomic E-state index is 14.9. The number of methoxy groups -OCH3 is 3. The number of nitrogens with one attached hydrogen (secondary N) is 1. The first-order chi connectivity index (χ1) is 18.5. The van der Waals surface area contributed by atoms with E-state index in [-0.39, 0.29) is 17.4 Å². The summed E-state index contributed by atoms with van der Waals surface area (Å²) in [5.74, 6) is -5.14. The molecule has 0 radical (unpaired) electrons. The van der Waals surface area contributed by atoms with Crippen molar-refractivity contribution >= 4 is 22.5 Å². The molecule has 4 aromatic rings. The van der Waals surface area contributed by atoms with E-state index >= 15 is 0 Å². The first-order valence-electron chi connectivity index (χ1n) is 11.1. The van der Waals surface area contributed by atoms with E-state index in [0.717, 1.165) is 25.3 Å². The van der Waals surface area contributed by atoms with Gasteiger partial charge in [0.2, 0.25) is 5.88 Å². The molecular formula is C26H20F5N3O5. The maximum absolute atomic E-state index is 14.9. The Morgan fingerprint density at radius 1 is 0.769 bits per heavy atom. The van der Waals surface area contributed by atoms with Crippen molar-refractivity contribution in [2.24, 2.45) is 0 Å². The minimum Gasteiger partial charge on any atom is -0.497 e. The molecule has 0 aliphatic rings. The number of nitrogens with zero attached hydrogens (tertiary/aromatic N) is 2. The Hall–Kier alpha value is -4.68. The number of hydrogen-bond acceptors (Lipinski definition) is 7. The predicted octanol–water partition coefficient (Wildman–Crippen LogP) is 6.20. The van der Waals surface area contributed by atoms with Gasteiger partial charge in [-0.25, -0.2) is 9.97 Å². The number of aromatic nitrogens is 2. The van der Waals surface area contributed by atoms with Crippen LogP contribution in [0.3, 0.4) is 0 Å². The Labute approximate surface area is 218 Å². The van der Waals surface area contributed by atoms with Crippen LogP contribution in [-0.4, -0.2) is 37.2 Å². The van der Waals surface area contributed by atoms with Crippen molar-refractivity contribution in [2.75, 3.05) is 26.6 Å². The quantitative estimate of drug-likeness (QED) is 0.262. The molecule has 0 unspecified atom stereocenters. The summed E-state index contributed by atoms with van der Waals surface area (Å²) in [7, 11) is 4.03. The molecule has 204 valence electrons. The van der Waals surface area contributed by atoms with Crippen LogP contribution >= 0.6 is 0 Å². The molecule has 4 rings (SSSR count). The van der Waals surface area contributed by atoms with Crippen molar-refractivity contribution in [1.82, 2.24) is 9.97 Å². The lowest BCUT2D eigenvalue weighted by Gasteiger charge is -2.18. The number of carbonyl (C=O) groups excluding carboxylic acids is 1. The Morgan fingerprint density at radius 2 is 1.44 bits per heavy atom. The van der Waals surface area contributed by atoms with Crippen LogP contribution in [0.2, 0.25) is 0 Å².